The molecule has 0 bridgehead atoms. The number of carbonyl (C=O) groups is 1. The van der Waals surface area contributed by atoms with Gasteiger partial charge in [-0.1, -0.05) is 13.3 Å². The smallest absolute Gasteiger partial charge is 0.339 e. The molecule has 1 heterocycles. The summed E-state index contributed by atoms with van der Waals surface area (Å²) >= 11 is 0. The van der Waals surface area contributed by atoms with Gasteiger partial charge >= 0.3 is 5.97 Å². The fourth-order valence-electron chi connectivity index (χ4n) is 1.37. The Morgan fingerprint density at radius 1 is 1.60 bits per heavy atom. The molecule has 0 aliphatic rings. The van der Waals surface area contributed by atoms with Gasteiger partial charge in [-0.15, -0.1) is 0 Å². The second kappa shape index (κ2) is 5.34. The number of hydrogen-bond donors (Lipinski definition) is 1. The number of carboxylic acid groups (broad SMARTS) is 1. The predicted molar refractivity (Wildman–Crippen MR) is 59.4 cm³/mol. The minimum Gasteiger partial charge on any atom is -0.478 e. The Bertz CT molecular complexity index is 339. The van der Waals surface area contributed by atoms with Crippen molar-refractivity contribution in [3.05, 3.63) is 23.9 Å². The highest BCUT2D eigenvalue weighted by Crippen LogP contribution is 2.15. The number of anilines is 1. The normalized spacial score (nSPS) is 10.0. The monoisotopic (exact) mass is 208 g/mol. The third-order valence-corrected chi connectivity index (χ3v) is 2.23. The molecule has 0 aliphatic heterocycles. The Morgan fingerprint density at radius 3 is 2.93 bits per heavy atom. The lowest BCUT2D eigenvalue weighted by Crippen LogP contribution is -2.22. The summed E-state index contributed by atoms with van der Waals surface area (Å²) in [4.78, 5) is 16.9. The molecule has 1 rings (SSSR count). The van der Waals surface area contributed by atoms with Crippen molar-refractivity contribution in [2.45, 2.75) is 19.8 Å². The second-order valence-corrected chi connectivity index (χ2v) is 3.45. The van der Waals surface area contributed by atoms with Crippen molar-refractivity contribution in [2.24, 2.45) is 0 Å². The molecule has 0 atom stereocenters. The highest BCUT2D eigenvalue weighted by Gasteiger charge is 2.13. The van der Waals surface area contributed by atoms with E-state index in [9.17, 15) is 4.79 Å². The molecule has 1 aromatic heterocycles. The summed E-state index contributed by atoms with van der Waals surface area (Å²) < 4.78 is 0. The average molecular weight is 208 g/mol. The minimum atomic E-state index is -0.929. The maximum absolute atomic E-state index is 10.9. The largest absolute Gasteiger partial charge is 0.478 e. The van der Waals surface area contributed by atoms with E-state index in [1.807, 2.05) is 11.9 Å². The van der Waals surface area contributed by atoms with Crippen LogP contribution in [0.3, 0.4) is 0 Å². The van der Waals surface area contributed by atoms with Crippen LogP contribution in [0, 0.1) is 0 Å². The van der Waals surface area contributed by atoms with Gasteiger partial charge in [0.25, 0.3) is 0 Å². The van der Waals surface area contributed by atoms with E-state index < -0.39 is 5.97 Å². The predicted octanol–water partition coefficient (Wildman–Crippen LogP) is 2.02. The molecule has 4 nitrogen and oxygen atoms in total. The van der Waals surface area contributed by atoms with Crippen LogP contribution in [0.5, 0.6) is 0 Å². The SMILES string of the molecule is CCCCN(C)c1ncccc1C(=O)O. The zero-order valence-corrected chi connectivity index (χ0v) is 9.10. The molecule has 0 aromatic carbocycles. The molecule has 4 heteroatoms. The number of carboxylic acids is 1. The molecule has 0 fully saturated rings. The van der Waals surface area contributed by atoms with Gasteiger partial charge in [-0.25, -0.2) is 9.78 Å². The van der Waals surface area contributed by atoms with Crippen molar-refractivity contribution >= 4 is 11.8 Å². The molecule has 0 saturated carbocycles. The molecule has 0 spiro atoms. The van der Waals surface area contributed by atoms with Crippen molar-refractivity contribution in [1.82, 2.24) is 4.98 Å². The standard InChI is InChI=1S/C11H16N2O2/c1-3-4-8-13(2)10-9(11(14)15)6-5-7-12-10/h5-7H,3-4,8H2,1-2H3,(H,14,15). The Kier molecular flexibility index (Phi) is 4.09. The Hall–Kier alpha value is -1.58. The molecule has 0 amide bonds. The summed E-state index contributed by atoms with van der Waals surface area (Å²) in [6.07, 6.45) is 3.73. The summed E-state index contributed by atoms with van der Waals surface area (Å²) in [5.74, 6) is -0.389. The lowest BCUT2D eigenvalue weighted by atomic mass is 10.2. The van der Waals surface area contributed by atoms with E-state index in [0.717, 1.165) is 19.4 Å². The Labute approximate surface area is 89.6 Å². The quantitative estimate of drug-likeness (QED) is 0.804. The highest BCUT2D eigenvalue weighted by atomic mass is 16.4. The number of pyridine rings is 1. The van der Waals surface area contributed by atoms with E-state index in [1.54, 1.807) is 18.3 Å². The van der Waals surface area contributed by atoms with E-state index >= 15 is 0 Å². The van der Waals surface area contributed by atoms with Crippen LogP contribution in [-0.2, 0) is 0 Å². The van der Waals surface area contributed by atoms with Crippen LogP contribution < -0.4 is 4.90 Å². The fraction of sp³-hybridized carbons (Fsp3) is 0.455. The van der Waals surface area contributed by atoms with Gasteiger partial charge in [-0.2, -0.15) is 0 Å². The van der Waals surface area contributed by atoms with E-state index in [4.69, 9.17) is 5.11 Å². The molecule has 0 saturated heterocycles. The maximum Gasteiger partial charge on any atom is 0.339 e. The number of unbranched alkanes of at least 4 members (excludes halogenated alkanes) is 1. The lowest BCUT2D eigenvalue weighted by Gasteiger charge is -2.19. The van der Waals surface area contributed by atoms with E-state index in [-0.39, 0.29) is 5.56 Å². The number of rotatable bonds is 5. The molecule has 82 valence electrons. The average Bonchev–Trinajstić information content (AvgIpc) is 2.25. The first kappa shape index (κ1) is 11.5. The molecule has 15 heavy (non-hydrogen) atoms. The molecule has 1 N–H and O–H groups in total. The highest BCUT2D eigenvalue weighted by molar-refractivity contribution is 5.93. The number of hydrogen-bond acceptors (Lipinski definition) is 3. The van der Waals surface area contributed by atoms with Gasteiger partial charge in [0.1, 0.15) is 11.4 Å². The molecule has 0 aliphatic carbocycles. The minimum absolute atomic E-state index is 0.260. The van der Waals surface area contributed by atoms with Gasteiger partial charge in [0.05, 0.1) is 0 Å². The molecule has 0 radical (unpaired) electrons. The van der Waals surface area contributed by atoms with Gasteiger partial charge in [0.2, 0.25) is 0 Å². The van der Waals surface area contributed by atoms with Gasteiger partial charge in [0.15, 0.2) is 0 Å². The van der Waals surface area contributed by atoms with Crippen LogP contribution in [-0.4, -0.2) is 29.7 Å². The second-order valence-electron chi connectivity index (χ2n) is 3.45. The fourth-order valence-corrected chi connectivity index (χ4v) is 1.37. The number of aromatic nitrogens is 1. The van der Waals surface area contributed by atoms with Gasteiger partial charge in [0, 0.05) is 19.8 Å². The van der Waals surface area contributed by atoms with Gasteiger partial charge in [-0.3, -0.25) is 0 Å². The van der Waals surface area contributed by atoms with Crippen LogP contribution in [0.2, 0.25) is 0 Å². The summed E-state index contributed by atoms with van der Waals surface area (Å²) in [6.45, 7) is 2.93. The van der Waals surface area contributed by atoms with E-state index in [2.05, 4.69) is 11.9 Å². The van der Waals surface area contributed by atoms with Gasteiger partial charge < -0.3 is 10.0 Å². The first-order valence-corrected chi connectivity index (χ1v) is 5.06. The zero-order valence-electron chi connectivity index (χ0n) is 9.10. The van der Waals surface area contributed by atoms with Crippen LogP contribution in [0.25, 0.3) is 0 Å². The molecule has 0 unspecified atom stereocenters. The molecule has 1 aromatic rings. The molecular weight excluding hydrogens is 192 g/mol. The number of aromatic carboxylic acids is 1. The van der Waals surface area contributed by atoms with Crippen LogP contribution in [0.1, 0.15) is 30.1 Å². The Balaban J connectivity index is 2.87. The first-order chi connectivity index (χ1) is 7.16. The van der Waals surface area contributed by atoms with E-state index in [1.165, 1.54) is 0 Å². The summed E-state index contributed by atoms with van der Waals surface area (Å²) in [7, 11) is 1.87. The third-order valence-electron chi connectivity index (χ3n) is 2.23. The van der Waals surface area contributed by atoms with E-state index in [0.29, 0.717) is 5.82 Å². The molecular formula is C11H16N2O2. The van der Waals surface area contributed by atoms with Crippen molar-refractivity contribution in [1.29, 1.82) is 0 Å². The summed E-state index contributed by atoms with van der Waals surface area (Å²) in [5, 5.41) is 8.97. The lowest BCUT2D eigenvalue weighted by molar-refractivity contribution is 0.0697. The van der Waals surface area contributed by atoms with Crippen molar-refractivity contribution in [3.63, 3.8) is 0 Å². The van der Waals surface area contributed by atoms with Crippen LogP contribution in [0.4, 0.5) is 5.82 Å². The van der Waals surface area contributed by atoms with Gasteiger partial charge in [-0.05, 0) is 18.6 Å². The summed E-state index contributed by atoms with van der Waals surface area (Å²) in [6, 6.07) is 3.22. The van der Waals surface area contributed by atoms with Crippen LogP contribution in [0.15, 0.2) is 18.3 Å². The Morgan fingerprint density at radius 2 is 2.33 bits per heavy atom. The topological polar surface area (TPSA) is 53.4 Å². The maximum atomic E-state index is 10.9. The number of nitrogens with zero attached hydrogens (tertiary/aromatic N) is 2. The van der Waals surface area contributed by atoms with Crippen LogP contribution >= 0.6 is 0 Å². The third kappa shape index (κ3) is 2.94. The summed E-state index contributed by atoms with van der Waals surface area (Å²) in [5.41, 5.74) is 0.260. The first-order valence-electron chi connectivity index (χ1n) is 5.06. The van der Waals surface area contributed by atoms with Crippen molar-refractivity contribution in [2.75, 3.05) is 18.5 Å². The zero-order chi connectivity index (χ0) is 11.3. The van der Waals surface area contributed by atoms with Crippen molar-refractivity contribution < 1.29 is 9.90 Å². The van der Waals surface area contributed by atoms with Crippen molar-refractivity contribution in [3.8, 4) is 0 Å².